The number of aromatic amines is 1. The van der Waals surface area contributed by atoms with Crippen molar-refractivity contribution in [2.75, 3.05) is 20.1 Å². The highest BCUT2D eigenvalue weighted by Gasteiger charge is 2.24. The molecule has 0 aliphatic carbocycles. The van der Waals surface area contributed by atoms with Crippen molar-refractivity contribution in [1.29, 1.82) is 0 Å². The molecule has 1 saturated heterocycles. The number of nitrogens with one attached hydrogen (secondary N) is 1. The lowest BCUT2D eigenvalue weighted by Crippen LogP contribution is -2.37. The van der Waals surface area contributed by atoms with E-state index in [0.717, 1.165) is 53.1 Å². The molecule has 8 nitrogen and oxygen atoms in total. The number of piperidine rings is 1. The van der Waals surface area contributed by atoms with Crippen LogP contribution >= 0.6 is 0 Å². The summed E-state index contributed by atoms with van der Waals surface area (Å²) in [6.07, 6.45) is 10.7. The van der Waals surface area contributed by atoms with E-state index in [9.17, 15) is 4.21 Å². The Balaban J connectivity index is 1.45. The number of imidazole rings is 1. The van der Waals surface area contributed by atoms with Gasteiger partial charge in [-0.25, -0.2) is 9.97 Å². The Labute approximate surface area is 164 Å². The molecule has 144 valence electrons. The van der Waals surface area contributed by atoms with Crippen LogP contribution < -0.4 is 0 Å². The Bertz CT molecular complexity index is 1130. The molecule has 2 unspecified atom stereocenters. The minimum Gasteiger partial charge on any atom is -0.364 e. The summed E-state index contributed by atoms with van der Waals surface area (Å²) in [6.45, 7) is 1.94. The van der Waals surface area contributed by atoms with E-state index < -0.39 is 10.8 Å². The van der Waals surface area contributed by atoms with Crippen molar-refractivity contribution in [2.45, 2.75) is 23.0 Å². The third-order valence-electron chi connectivity index (χ3n) is 5.15. The Hall–Kier alpha value is -2.78. The average molecular weight is 396 g/mol. The number of hydrogen-bond acceptors (Lipinski definition) is 6. The quantitative estimate of drug-likeness (QED) is 0.570. The van der Waals surface area contributed by atoms with Crippen LogP contribution in [0, 0.1) is 0 Å². The monoisotopic (exact) mass is 396 g/mol. The maximum absolute atomic E-state index is 13.0. The van der Waals surface area contributed by atoms with E-state index in [1.165, 1.54) is 0 Å². The number of pyridine rings is 1. The van der Waals surface area contributed by atoms with Crippen LogP contribution in [0.25, 0.3) is 28.2 Å². The van der Waals surface area contributed by atoms with E-state index in [1.807, 2.05) is 22.9 Å². The lowest BCUT2D eigenvalue weighted by atomic mass is 10.1. The molecule has 9 heteroatoms. The molecule has 5 heterocycles. The zero-order valence-electron chi connectivity index (χ0n) is 15.4. The SMILES string of the molecule is CN1CCCC(S(=O)c2cnc3c(ccn3-c3ncc(-c4cnoc4)[nH]3)c2)C1. The molecule has 0 amide bonds. The molecule has 4 aromatic rings. The largest absolute Gasteiger partial charge is 0.364 e. The van der Waals surface area contributed by atoms with Crippen LogP contribution in [0.1, 0.15) is 12.8 Å². The highest BCUT2D eigenvalue weighted by atomic mass is 32.2. The van der Waals surface area contributed by atoms with Crippen molar-refractivity contribution in [3.63, 3.8) is 0 Å². The maximum Gasteiger partial charge on any atom is 0.213 e. The van der Waals surface area contributed by atoms with Crippen molar-refractivity contribution >= 4 is 21.8 Å². The second kappa shape index (κ2) is 6.99. The van der Waals surface area contributed by atoms with Gasteiger partial charge < -0.3 is 14.4 Å². The van der Waals surface area contributed by atoms with Gasteiger partial charge in [-0.15, -0.1) is 0 Å². The van der Waals surface area contributed by atoms with Crippen molar-refractivity contribution in [1.82, 2.24) is 29.6 Å². The molecule has 5 rings (SSSR count). The molecule has 1 fully saturated rings. The van der Waals surface area contributed by atoms with Crippen LogP contribution in [0.15, 0.2) is 52.6 Å². The predicted octanol–water partition coefficient (Wildman–Crippen LogP) is 2.61. The fourth-order valence-electron chi connectivity index (χ4n) is 3.69. The molecular weight excluding hydrogens is 376 g/mol. The van der Waals surface area contributed by atoms with Gasteiger partial charge in [-0.1, -0.05) is 5.16 Å². The standard InChI is InChI=1S/C19H20N6O2S/c1-24-5-2-3-15(11-24)28(26)16-7-13-4-6-25(18(13)20-9-16)19-21-10-17(23-19)14-8-22-27-12-14/h4,6-10,12,15H,2-3,5,11H2,1H3,(H,21,23). The van der Waals surface area contributed by atoms with E-state index in [2.05, 4.69) is 32.1 Å². The molecular formula is C19H20N6O2S. The summed E-state index contributed by atoms with van der Waals surface area (Å²) in [5, 5.41) is 4.82. The van der Waals surface area contributed by atoms with Crippen molar-refractivity contribution in [2.24, 2.45) is 0 Å². The Morgan fingerprint density at radius 1 is 1.29 bits per heavy atom. The molecule has 0 saturated carbocycles. The Morgan fingerprint density at radius 2 is 2.21 bits per heavy atom. The van der Waals surface area contributed by atoms with Crippen LogP contribution in [-0.4, -0.2) is 59.2 Å². The summed E-state index contributed by atoms with van der Waals surface area (Å²) >= 11 is 0. The molecule has 1 aliphatic rings. The highest BCUT2D eigenvalue weighted by Crippen LogP contribution is 2.25. The fourth-order valence-corrected chi connectivity index (χ4v) is 5.24. The summed E-state index contributed by atoms with van der Waals surface area (Å²) in [4.78, 5) is 15.3. The van der Waals surface area contributed by atoms with E-state index in [1.54, 1.807) is 24.9 Å². The van der Waals surface area contributed by atoms with Gasteiger partial charge in [0.2, 0.25) is 5.95 Å². The first-order valence-electron chi connectivity index (χ1n) is 9.20. The first kappa shape index (κ1) is 17.3. The van der Waals surface area contributed by atoms with Crippen LogP contribution in [0.4, 0.5) is 0 Å². The topological polar surface area (TPSA) is 92.8 Å². The van der Waals surface area contributed by atoms with Crippen LogP contribution in [0.2, 0.25) is 0 Å². The molecule has 2 atom stereocenters. The van der Waals surface area contributed by atoms with E-state index in [4.69, 9.17) is 4.52 Å². The van der Waals surface area contributed by atoms with Gasteiger partial charge in [-0.3, -0.25) is 8.78 Å². The lowest BCUT2D eigenvalue weighted by Gasteiger charge is -2.28. The van der Waals surface area contributed by atoms with E-state index in [0.29, 0.717) is 5.95 Å². The summed E-state index contributed by atoms with van der Waals surface area (Å²) in [5.41, 5.74) is 2.42. The fraction of sp³-hybridized carbons (Fsp3) is 0.316. The molecule has 1 N–H and O–H groups in total. The van der Waals surface area contributed by atoms with E-state index in [-0.39, 0.29) is 5.25 Å². The van der Waals surface area contributed by atoms with Crippen molar-refractivity contribution < 1.29 is 8.73 Å². The summed E-state index contributed by atoms with van der Waals surface area (Å²) < 4.78 is 19.8. The number of fused-ring (bicyclic) bond motifs is 1. The normalized spacial score (nSPS) is 19.2. The lowest BCUT2D eigenvalue weighted by molar-refractivity contribution is 0.281. The number of aromatic nitrogens is 5. The zero-order valence-corrected chi connectivity index (χ0v) is 16.2. The van der Waals surface area contributed by atoms with Gasteiger partial charge in [0, 0.05) is 24.3 Å². The third-order valence-corrected chi connectivity index (χ3v) is 6.83. The summed E-state index contributed by atoms with van der Waals surface area (Å²) in [7, 11) is 1.03. The number of rotatable bonds is 4. The number of hydrogen-bond donors (Lipinski definition) is 1. The van der Waals surface area contributed by atoms with Crippen molar-refractivity contribution in [3.8, 4) is 17.2 Å². The molecule has 0 aromatic carbocycles. The average Bonchev–Trinajstić information content (AvgIpc) is 3.46. The zero-order chi connectivity index (χ0) is 19.1. The molecule has 0 bridgehead atoms. The summed E-state index contributed by atoms with van der Waals surface area (Å²) in [6, 6.07) is 3.95. The van der Waals surface area contributed by atoms with Gasteiger partial charge in [0.1, 0.15) is 11.9 Å². The first-order chi connectivity index (χ1) is 13.7. The molecule has 1 aliphatic heterocycles. The Kier molecular flexibility index (Phi) is 4.33. The molecule has 0 spiro atoms. The van der Waals surface area contributed by atoms with Gasteiger partial charge >= 0.3 is 0 Å². The number of likely N-dealkylation sites (tertiary alicyclic amines) is 1. The van der Waals surface area contributed by atoms with Gasteiger partial charge in [0.05, 0.1) is 44.6 Å². The molecule has 28 heavy (non-hydrogen) atoms. The number of nitrogens with zero attached hydrogens (tertiary/aromatic N) is 5. The minimum atomic E-state index is -1.05. The predicted molar refractivity (Wildman–Crippen MR) is 106 cm³/mol. The van der Waals surface area contributed by atoms with E-state index >= 15 is 0 Å². The highest BCUT2D eigenvalue weighted by molar-refractivity contribution is 7.85. The first-order valence-corrected chi connectivity index (χ1v) is 10.4. The smallest absolute Gasteiger partial charge is 0.213 e. The third kappa shape index (κ3) is 3.06. The maximum atomic E-state index is 13.0. The molecule has 4 aromatic heterocycles. The second-order valence-corrected chi connectivity index (χ2v) is 8.86. The van der Waals surface area contributed by atoms with Crippen LogP contribution in [0.5, 0.6) is 0 Å². The summed E-state index contributed by atoms with van der Waals surface area (Å²) in [5.74, 6) is 0.654. The molecule has 0 radical (unpaired) electrons. The van der Waals surface area contributed by atoms with Gasteiger partial charge in [-0.2, -0.15) is 0 Å². The van der Waals surface area contributed by atoms with Gasteiger partial charge in [0.25, 0.3) is 0 Å². The van der Waals surface area contributed by atoms with Crippen LogP contribution in [0.3, 0.4) is 0 Å². The van der Waals surface area contributed by atoms with Gasteiger partial charge in [-0.05, 0) is 38.6 Å². The minimum absolute atomic E-state index is 0.163. The van der Waals surface area contributed by atoms with Crippen LogP contribution in [-0.2, 0) is 10.8 Å². The number of H-pyrrole nitrogens is 1. The Morgan fingerprint density at radius 3 is 3.04 bits per heavy atom. The van der Waals surface area contributed by atoms with Crippen molar-refractivity contribution in [3.05, 3.63) is 43.2 Å². The van der Waals surface area contributed by atoms with Gasteiger partial charge in [0.15, 0.2) is 0 Å². The second-order valence-electron chi connectivity index (χ2n) is 7.13.